The second kappa shape index (κ2) is 5.60. The maximum Gasteiger partial charge on any atom is 1.00 e. The molecule has 0 aliphatic carbocycles. The maximum absolute atomic E-state index is 10.3. The quantitative estimate of drug-likeness (QED) is 0.366. The smallest absolute Gasteiger partial charge is 0.767 e. The monoisotopic (exact) mass is 196 g/mol. The first-order valence-corrected chi connectivity index (χ1v) is 3.78. The van der Waals surface area contributed by atoms with E-state index in [0.29, 0.717) is 5.88 Å². The largest absolute Gasteiger partial charge is 1.00 e. The molecule has 1 aromatic rings. The van der Waals surface area contributed by atoms with Crippen molar-refractivity contribution in [2.24, 2.45) is 0 Å². The number of aromatic nitrogens is 2. The summed E-state index contributed by atoms with van der Waals surface area (Å²) in [5.41, 5.74) is 0. The van der Waals surface area contributed by atoms with Crippen molar-refractivity contribution in [3.63, 3.8) is 0 Å². The van der Waals surface area contributed by atoms with E-state index < -0.39 is 11.1 Å². The number of hydrogen-bond donors (Lipinski definition) is 0. The van der Waals surface area contributed by atoms with Crippen LogP contribution in [0.2, 0.25) is 0 Å². The van der Waals surface area contributed by atoms with Crippen LogP contribution in [0.3, 0.4) is 0 Å². The van der Waals surface area contributed by atoms with E-state index in [1.165, 1.54) is 19.2 Å². The molecule has 0 spiro atoms. The van der Waals surface area contributed by atoms with Crippen molar-refractivity contribution in [2.45, 2.75) is 5.03 Å². The van der Waals surface area contributed by atoms with Gasteiger partial charge in [0, 0.05) is 6.07 Å². The normalized spacial score (nSPS) is 11.5. The van der Waals surface area contributed by atoms with E-state index in [1.807, 2.05) is 0 Å². The van der Waals surface area contributed by atoms with Crippen molar-refractivity contribution in [1.29, 1.82) is 0 Å². The molecular formula is C5H5N2NaO3S. The third-order valence-corrected chi connectivity index (χ3v) is 1.55. The summed E-state index contributed by atoms with van der Waals surface area (Å²) in [6.07, 6.45) is 0. The summed E-state index contributed by atoms with van der Waals surface area (Å²) in [6, 6.07) is 2.74. The van der Waals surface area contributed by atoms with Crippen LogP contribution in [0.4, 0.5) is 0 Å². The Bertz CT molecular complexity index is 266. The van der Waals surface area contributed by atoms with Crippen molar-refractivity contribution in [2.75, 3.05) is 7.11 Å². The molecule has 12 heavy (non-hydrogen) atoms. The van der Waals surface area contributed by atoms with Crippen LogP contribution in [0.15, 0.2) is 17.2 Å². The fraction of sp³-hybridized carbons (Fsp3) is 0.200. The minimum atomic E-state index is -2.32. The first kappa shape index (κ1) is 12.0. The van der Waals surface area contributed by atoms with Gasteiger partial charge in [-0.25, -0.2) is 0 Å². The van der Waals surface area contributed by atoms with Gasteiger partial charge in [-0.15, -0.1) is 10.2 Å². The zero-order chi connectivity index (χ0) is 8.27. The minimum Gasteiger partial charge on any atom is -0.767 e. The van der Waals surface area contributed by atoms with Gasteiger partial charge in [0.05, 0.1) is 7.11 Å². The van der Waals surface area contributed by atoms with Gasteiger partial charge >= 0.3 is 29.6 Å². The van der Waals surface area contributed by atoms with Gasteiger partial charge in [-0.3, -0.25) is 4.21 Å². The molecule has 1 unspecified atom stereocenters. The number of rotatable bonds is 2. The molecule has 5 nitrogen and oxygen atoms in total. The molecule has 7 heteroatoms. The van der Waals surface area contributed by atoms with Gasteiger partial charge in [0.15, 0.2) is 0 Å². The van der Waals surface area contributed by atoms with Gasteiger partial charge in [0.1, 0.15) is 5.03 Å². The number of nitrogens with zero attached hydrogens (tertiary/aromatic N) is 2. The molecule has 0 amide bonds. The zero-order valence-electron chi connectivity index (χ0n) is 6.68. The van der Waals surface area contributed by atoms with Gasteiger partial charge in [0.2, 0.25) is 5.88 Å². The average Bonchev–Trinajstić information content (AvgIpc) is 2.05. The van der Waals surface area contributed by atoms with Gasteiger partial charge < -0.3 is 9.29 Å². The summed E-state index contributed by atoms with van der Waals surface area (Å²) in [5, 5.41) is 6.72. The first-order chi connectivity index (χ1) is 5.24. The molecule has 0 bridgehead atoms. The Hall–Kier alpha value is -0.0100. The summed E-state index contributed by atoms with van der Waals surface area (Å²) < 4.78 is 25.2. The van der Waals surface area contributed by atoms with E-state index in [2.05, 4.69) is 14.9 Å². The second-order valence-corrected chi connectivity index (χ2v) is 2.54. The van der Waals surface area contributed by atoms with Crippen LogP contribution in [-0.4, -0.2) is 26.1 Å². The molecule has 1 rings (SSSR count). The molecule has 1 atom stereocenters. The first-order valence-electron chi connectivity index (χ1n) is 2.71. The molecule has 0 radical (unpaired) electrons. The summed E-state index contributed by atoms with van der Waals surface area (Å²) in [4.78, 5) is 0. The summed E-state index contributed by atoms with van der Waals surface area (Å²) in [7, 11) is 1.43. The standard InChI is InChI=1S/C5H6N2O3S.Na/c1-10-4-2-3-5(7-6-4)11(8)9;/h2-3H,1H3,(H,8,9);/q;+1/p-1. The Balaban J connectivity index is 0.00000121. The van der Waals surface area contributed by atoms with Crippen molar-refractivity contribution in [3.8, 4) is 5.88 Å². The van der Waals surface area contributed by atoms with Crippen LogP contribution >= 0.6 is 0 Å². The number of methoxy groups -OCH3 is 1. The third-order valence-electron chi connectivity index (χ3n) is 0.996. The SMILES string of the molecule is COc1ccc(S(=O)[O-])nn1.[Na+]. The Labute approximate surface area is 94.1 Å². The van der Waals surface area contributed by atoms with E-state index in [9.17, 15) is 8.76 Å². The average molecular weight is 196 g/mol. The molecule has 0 aliphatic rings. The van der Waals surface area contributed by atoms with Crippen molar-refractivity contribution in [1.82, 2.24) is 10.2 Å². The molecule has 0 saturated carbocycles. The van der Waals surface area contributed by atoms with Crippen LogP contribution in [0.5, 0.6) is 5.88 Å². The van der Waals surface area contributed by atoms with E-state index in [1.54, 1.807) is 0 Å². The zero-order valence-corrected chi connectivity index (χ0v) is 9.50. The third kappa shape index (κ3) is 3.16. The van der Waals surface area contributed by atoms with E-state index >= 15 is 0 Å². The fourth-order valence-electron chi connectivity index (χ4n) is 0.506. The van der Waals surface area contributed by atoms with E-state index in [0.717, 1.165) is 0 Å². The van der Waals surface area contributed by atoms with Crippen LogP contribution < -0.4 is 34.3 Å². The number of ether oxygens (including phenoxy) is 1. The Morgan fingerprint density at radius 3 is 2.50 bits per heavy atom. The summed E-state index contributed by atoms with van der Waals surface area (Å²) in [6.45, 7) is 0. The predicted molar refractivity (Wildman–Crippen MR) is 35.8 cm³/mol. The fourth-order valence-corrected chi connectivity index (χ4v) is 0.792. The Morgan fingerprint density at radius 2 is 2.17 bits per heavy atom. The summed E-state index contributed by atoms with van der Waals surface area (Å²) >= 11 is -2.32. The second-order valence-electron chi connectivity index (χ2n) is 1.65. The molecule has 0 fully saturated rings. The molecule has 0 aromatic carbocycles. The topological polar surface area (TPSA) is 75.1 Å². The molecule has 0 N–H and O–H groups in total. The van der Waals surface area contributed by atoms with Crippen LogP contribution in [0.25, 0.3) is 0 Å². The van der Waals surface area contributed by atoms with Gasteiger partial charge in [-0.05, 0) is 17.1 Å². The van der Waals surface area contributed by atoms with Crippen molar-refractivity contribution >= 4 is 11.1 Å². The van der Waals surface area contributed by atoms with E-state index in [-0.39, 0.29) is 34.6 Å². The molecule has 1 aromatic heterocycles. The Morgan fingerprint density at radius 1 is 1.50 bits per heavy atom. The molecule has 0 saturated heterocycles. The number of hydrogen-bond acceptors (Lipinski definition) is 5. The van der Waals surface area contributed by atoms with Crippen LogP contribution in [-0.2, 0) is 11.1 Å². The minimum absolute atomic E-state index is 0. The van der Waals surface area contributed by atoms with Gasteiger partial charge in [-0.2, -0.15) is 0 Å². The molecule has 60 valence electrons. The summed E-state index contributed by atoms with van der Waals surface area (Å²) in [5.74, 6) is 0.291. The van der Waals surface area contributed by atoms with Gasteiger partial charge in [0.25, 0.3) is 0 Å². The van der Waals surface area contributed by atoms with Crippen LogP contribution in [0.1, 0.15) is 0 Å². The van der Waals surface area contributed by atoms with Crippen molar-refractivity contribution < 1.29 is 43.1 Å². The van der Waals surface area contributed by atoms with Crippen molar-refractivity contribution in [3.05, 3.63) is 12.1 Å². The molecular weight excluding hydrogens is 191 g/mol. The van der Waals surface area contributed by atoms with Crippen LogP contribution in [0, 0.1) is 0 Å². The van der Waals surface area contributed by atoms with Gasteiger partial charge in [-0.1, -0.05) is 0 Å². The maximum atomic E-state index is 10.3. The Kier molecular flexibility index (Phi) is 5.60. The predicted octanol–water partition coefficient (Wildman–Crippen LogP) is -3.27. The van der Waals surface area contributed by atoms with E-state index in [4.69, 9.17) is 0 Å². The molecule has 0 aliphatic heterocycles. The molecule has 1 heterocycles.